The molecule has 1 aromatic heterocycles. The summed E-state index contributed by atoms with van der Waals surface area (Å²) in [6.45, 7) is -2.89. The van der Waals surface area contributed by atoms with Crippen LogP contribution in [0.5, 0.6) is 5.75 Å². The molecule has 1 N–H and O–H groups in total. The van der Waals surface area contributed by atoms with Crippen LogP contribution in [-0.4, -0.2) is 33.3 Å². The number of thioether (sulfide) groups is 1. The summed E-state index contributed by atoms with van der Waals surface area (Å²) in [5.74, 6) is 0.630. The molecule has 8 heteroatoms. The number of aromatic nitrogens is 3. The Morgan fingerprint density at radius 3 is 2.52 bits per heavy atom. The van der Waals surface area contributed by atoms with Gasteiger partial charge in [0.05, 0.1) is 5.75 Å². The van der Waals surface area contributed by atoms with Gasteiger partial charge in [0.25, 0.3) is 0 Å². The predicted molar refractivity (Wildman–Crippen MR) is 89.9 cm³/mol. The highest BCUT2D eigenvalue weighted by atomic mass is 32.2. The smallest absolute Gasteiger partial charge is 0.387 e. The number of ether oxygens (including phenoxy) is 1. The summed E-state index contributed by atoms with van der Waals surface area (Å²) in [5, 5.41) is 7.37. The number of Topliss-reactive ketones (excluding diaryl/α,β-unsaturated/α-hetero) is 1. The number of halogens is 2. The van der Waals surface area contributed by atoms with E-state index in [1.807, 2.05) is 30.3 Å². The molecule has 3 rings (SSSR count). The van der Waals surface area contributed by atoms with Gasteiger partial charge < -0.3 is 4.74 Å². The molecule has 0 atom stereocenters. The number of hydrogen-bond acceptors (Lipinski definition) is 5. The number of carbonyl (C=O) groups excluding carboxylic acids is 1. The first-order valence-corrected chi connectivity index (χ1v) is 8.29. The average molecular weight is 361 g/mol. The molecule has 0 aliphatic carbocycles. The normalized spacial score (nSPS) is 10.8. The van der Waals surface area contributed by atoms with Crippen molar-refractivity contribution in [1.82, 2.24) is 15.2 Å². The van der Waals surface area contributed by atoms with E-state index in [0.29, 0.717) is 16.5 Å². The lowest BCUT2D eigenvalue weighted by Gasteiger charge is -2.04. The molecule has 1 heterocycles. The number of hydrogen-bond donors (Lipinski definition) is 1. The molecule has 0 saturated heterocycles. The van der Waals surface area contributed by atoms with Crippen LogP contribution in [-0.2, 0) is 0 Å². The van der Waals surface area contributed by atoms with E-state index in [2.05, 4.69) is 19.9 Å². The number of alkyl halides is 2. The number of nitrogens with zero attached hydrogens (tertiary/aromatic N) is 2. The Labute approximate surface area is 146 Å². The van der Waals surface area contributed by atoms with E-state index in [1.165, 1.54) is 36.0 Å². The highest BCUT2D eigenvalue weighted by Crippen LogP contribution is 2.21. The molecule has 0 amide bonds. The van der Waals surface area contributed by atoms with E-state index < -0.39 is 6.61 Å². The zero-order chi connectivity index (χ0) is 17.6. The summed E-state index contributed by atoms with van der Waals surface area (Å²) in [7, 11) is 0. The molecule has 0 radical (unpaired) electrons. The van der Waals surface area contributed by atoms with Gasteiger partial charge in [-0.3, -0.25) is 9.89 Å². The van der Waals surface area contributed by atoms with Crippen LogP contribution in [0.1, 0.15) is 10.4 Å². The minimum atomic E-state index is -2.89. The maximum atomic E-state index is 12.2. The monoisotopic (exact) mass is 361 g/mol. The Bertz CT molecular complexity index is 839. The lowest BCUT2D eigenvalue weighted by atomic mass is 10.1. The lowest BCUT2D eigenvalue weighted by molar-refractivity contribution is -0.0498. The molecule has 0 spiro atoms. The van der Waals surface area contributed by atoms with Gasteiger partial charge >= 0.3 is 6.61 Å². The van der Waals surface area contributed by atoms with Crippen LogP contribution in [0.15, 0.2) is 59.8 Å². The van der Waals surface area contributed by atoms with Crippen LogP contribution in [0.4, 0.5) is 8.78 Å². The first kappa shape index (κ1) is 17.1. The van der Waals surface area contributed by atoms with Gasteiger partial charge in [0.1, 0.15) is 5.75 Å². The fraction of sp³-hybridized carbons (Fsp3) is 0.118. The first-order valence-electron chi connectivity index (χ1n) is 7.30. The third kappa shape index (κ3) is 4.63. The van der Waals surface area contributed by atoms with Crippen molar-refractivity contribution in [3.05, 3.63) is 60.2 Å². The summed E-state index contributed by atoms with van der Waals surface area (Å²) in [6.07, 6.45) is 0. The quantitative estimate of drug-likeness (QED) is 0.508. The molecule has 128 valence electrons. The largest absolute Gasteiger partial charge is 0.435 e. The van der Waals surface area contributed by atoms with Crippen molar-refractivity contribution in [3.8, 4) is 17.1 Å². The fourth-order valence-electron chi connectivity index (χ4n) is 2.07. The second-order valence-electron chi connectivity index (χ2n) is 4.95. The fourth-order valence-corrected chi connectivity index (χ4v) is 2.76. The summed E-state index contributed by atoms with van der Waals surface area (Å²) < 4.78 is 28.5. The van der Waals surface area contributed by atoms with E-state index in [4.69, 9.17) is 0 Å². The van der Waals surface area contributed by atoms with Crippen LogP contribution >= 0.6 is 11.8 Å². The van der Waals surface area contributed by atoms with E-state index in [0.717, 1.165) is 5.56 Å². The van der Waals surface area contributed by atoms with E-state index in [-0.39, 0.29) is 17.3 Å². The molecule has 0 aliphatic rings. The van der Waals surface area contributed by atoms with Crippen LogP contribution in [0.2, 0.25) is 0 Å². The summed E-state index contributed by atoms with van der Waals surface area (Å²) >= 11 is 1.20. The van der Waals surface area contributed by atoms with Gasteiger partial charge in [-0.05, 0) is 24.3 Å². The molecule has 0 unspecified atom stereocenters. The lowest BCUT2D eigenvalue weighted by Crippen LogP contribution is -2.04. The number of ketones is 1. The molecule has 2 aromatic carbocycles. The standard InChI is InChI=1S/C17H13F2N3O2S/c18-16(19)24-13-8-6-11(7-9-13)14(23)10-25-17-20-15(21-22-17)12-4-2-1-3-5-12/h1-9,16H,10H2,(H,20,21,22). The second kappa shape index (κ2) is 7.89. The molecule has 0 fully saturated rings. The Balaban J connectivity index is 1.58. The highest BCUT2D eigenvalue weighted by molar-refractivity contribution is 7.99. The van der Waals surface area contributed by atoms with Crippen LogP contribution in [0, 0.1) is 0 Å². The van der Waals surface area contributed by atoms with E-state index >= 15 is 0 Å². The van der Waals surface area contributed by atoms with Crippen molar-refractivity contribution in [2.24, 2.45) is 0 Å². The molecule has 0 bridgehead atoms. The van der Waals surface area contributed by atoms with Crippen LogP contribution in [0.3, 0.4) is 0 Å². The minimum absolute atomic E-state index is 0.0145. The van der Waals surface area contributed by atoms with Crippen molar-refractivity contribution in [3.63, 3.8) is 0 Å². The van der Waals surface area contributed by atoms with Crippen molar-refractivity contribution in [1.29, 1.82) is 0 Å². The van der Waals surface area contributed by atoms with Crippen molar-refractivity contribution >= 4 is 17.5 Å². The first-order chi connectivity index (χ1) is 12.1. The van der Waals surface area contributed by atoms with Gasteiger partial charge in [0, 0.05) is 11.1 Å². The SMILES string of the molecule is O=C(CSc1n[nH]c(-c2ccccc2)n1)c1ccc(OC(F)F)cc1. The number of aromatic amines is 1. The Kier molecular flexibility index (Phi) is 5.39. The number of rotatable bonds is 7. The number of H-pyrrole nitrogens is 1. The van der Waals surface area contributed by atoms with Gasteiger partial charge in [-0.25, -0.2) is 4.98 Å². The van der Waals surface area contributed by atoms with Crippen LogP contribution < -0.4 is 4.74 Å². The third-order valence-corrected chi connectivity index (χ3v) is 4.09. The van der Waals surface area contributed by atoms with Gasteiger partial charge in [0.2, 0.25) is 5.16 Å². The molecular weight excluding hydrogens is 348 g/mol. The van der Waals surface area contributed by atoms with Gasteiger partial charge in [0.15, 0.2) is 11.6 Å². The summed E-state index contributed by atoms with van der Waals surface area (Å²) in [5.41, 5.74) is 1.32. The van der Waals surface area contributed by atoms with E-state index in [1.54, 1.807) is 0 Å². The summed E-state index contributed by atoms with van der Waals surface area (Å²) in [4.78, 5) is 16.5. The Hall–Kier alpha value is -2.74. The van der Waals surface area contributed by atoms with Gasteiger partial charge in [-0.2, -0.15) is 8.78 Å². The molecule has 0 aliphatic heterocycles. The maximum Gasteiger partial charge on any atom is 0.387 e. The predicted octanol–water partition coefficient (Wildman–Crippen LogP) is 4.05. The zero-order valence-corrected chi connectivity index (χ0v) is 13.7. The zero-order valence-electron chi connectivity index (χ0n) is 12.9. The van der Waals surface area contributed by atoms with Gasteiger partial charge in [-0.15, -0.1) is 5.10 Å². The number of carbonyl (C=O) groups is 1. The number of benzene rings is 2. The average Bonchev–Trinajstić information content (AvgIpc) is 3.10. The Morgan fingerprint density at radius 1 is 1.12 bits per heavy atom. The van der Waals surface area contributed by atoms with Crippen molar-refractivity contribution in [2.75, 3.05) is 5.75 Å². The number of nitrogens with one attached hydrogen (secondary N) is 1. The maximum absolute atomic E-state index is 12.2. The molecule has 5 nitrogen and oxygen atoms in total. The highest BCUT2D eigenvalue weighted by Gasteiger charge is 2.11. The molecule has 25 heavy (non-hydrogen) atoms. The molecular formula is C17H13F2N3O2S. The topological polar surface area (TPSA) is 67.9 Å². The van der Waals surface area contributed by atoms with Gasteiger partial charge in [-0.1, -0.05) is 42.1 Å². The Morgan fingerprint density at radius 2 is 1.84 bits per heavy atom. The molecule has 0 saturated carbocycles. The van der Waals surface area contributed by atoms with Crippen molar-refractivity contribution in [2.45, 2.75) is 11.8 Å². The summed E-state index contributed by atoms with van der Waals surface area (Å²) in [6, 6.07) is 15.1. The van der Waals surface area contributed by atoms with Crippen molar-refractivity contribution < 1.29 is 18.3 Å². The van der Waals surface area contributed by atoms with Crippen LogP contribution in [0.25, 0.3) is 11.4 Å². The second-order valence-corrected chi connectivity index (χ2v) is 5.89. The third-order valence-electron chi connectivity index (χ3n) is 3.25. The minimum Gasteiger partial charge on any atom is -0.435 e. The molecule has 3 aromatic rings. The van der Waals surface area contributed by atoms with E-state index in [9.17, 15) is 13.6 Å².